The summed E-state index contributed by atoms with van der Waals surface area (Å²) in [5.74, 6) is -0.210. The standard InChI is InChI=1S/C12H11ClN2O/c1-8(13)12(16)15-11-6-2-5-10-9(11)4-3-7-14-10/h2-8H,1H3,(H,15,16). The molecule has 0 radical (unpaired) electrons. The molecule has 0 aliphatic heterocycles. The molecule has 0 saturated heterocycles. The Hall–Kier alpha value is -1.61. The van der Waals surface area contributed by atoms with Crippen molar-refractivity contribution in [2.45, 2.75) is 12.3 Å². The number of anilines is 1. The summed E-state index contributed by atoms with van der Waals surface area (Å²) < 4.78 is 0. The summed E-state index contributed by atoms with van der Waals surface area (Å²) >= 11 is 5.70. The molecule has 1 unspecified atom stereocenters. The number of alkyl halides is 1. The minimum atomic E-state index is -0.549. The van der Waals surface area contributed by atoms with Crippen molar-refractivity contribution >= 4 is 34.1 Å². The molecule has 0 aliphatic rings. The maximum Gasteiger partial charge on any atom is 0.242 e. The van der Waals surface area contributed by atoms with E-state index in [4.69, 9.17) is 11.6 Å². The zero-order chi connectivity index (χ0) is 11.5. The van der Waals surface area contributed by atoms with Gasteiger partial charge in [-0.15, -0.1) is 11.6 Å². The maximum atomic E-state index is 11.5. The van der Waals surface area contributed by atoms with Gasteiger partial charge in [-0.2, -0.15) is 0 Å². The predicted octanol–water partition coefficient (Wildman–Crippen LogP) is 2.80. The Labute approximate surface area is 98.4 Å². The predicted molar refractivity (Wildman–Crippen MR) is 65.7 cm³/mol. The largest absolute Gasteiger partial charge is 0.324 e. The number of fused-ring (bicyclic) bond motifs is 1. The van der Waals surface area contributed by atoms with Crippen molar-refractivity contribution in [1.29, 1.82) is 0 Å². The second kappa shape index (κ2) is 4.49. The number of carbonyl (C=O) groups excluding carboxylic acids is 1. The Bertz CT molecular complexity index is 520. The molecular formula is C12H11ClN2O. The molecule has 1 aromatic carbocycles. The van der Waals surface area contributed by atoms with Gasteiger partial charge >= 0.3 is 0 Å². The van der Waals surface area contributed by atoms with Gasteiger partial charge < -0.3 is 5.32 Å². The van der Waals surface area contributed by atoms with Crippen LogP contribution in [0.5, 0.6) is 0 Å². The van der Waals surface area contributed by atoms with Crippen molar-refractivity contribution in [1.82, 2.24) is 4.98 Å². The minimum absolute atomic E-state index is 0.210. The topological polar surface area (TPSA) is 42.0 Å². The first-order valence-electron chi connectivity index (χ1n) is 4.97. The molecule has 82 valence electrons. The summed E-state index contributed by atoms with van der Waals surface area (Å²) in [6, 6.07) is 9.33. The van der Waals surface area contributed by atoms with Crippen LogP contribution in [0.4, 0.5) is 5.69 Å². The third-order valence-electron chi connectivity index (χ3n) is 2.26. The molecule has 1 amide bonds. The lowest BCUT2D eigenvalue weighted by Crippen LogP contribution is -2.20. The molecule has 4 heteroatoms. The molecule has 2 rings (SSSR count). The summed E-state index contributed by atoms with van der Waals surface area (Å²) in [5, 5.41) is 3.14. The van der Waals surface area contributed by atoms with Crippen LogP contribution in [-0.4, -0.2) is 16.3 Å². The number of pyridine rings is 1. The monoisotopic (exact) mass is 234 g/mol. The summed E-state index contributed by atoms with van der Waals surface area (Å²) in [6.07, 6.45) is 1.72. The number of aromatic nitrogens is 1. The van der Waals surface area contributed by atoms with Crippen LogP contribution < -0.4 is 5.32 Å². The van der Waals surface area contributed by atoms with E-state index in [0.29, 0.717) is 0 Å². The zero-order valence-corrected chi connectivity index (χ0v) is 9.53. The highest BCUT2D eigenvalue weighted by Gasteiger charge is 2.10. The third kappa shape index (κ3) is 2.14. The second-order valence-corrected chi connectivity index (χ2v) is 4.14. The molecule has 3 nitrogen and oxygen atoms in total. The van der Waals surface area contributed by atoms with E-state index in [0.717, 1.165) is 16.6 Å². The van der Waals surface area contributed by atoms with E-state index in [9.17, 15) is 4.79 Å². The van der Waals surface area contributed by atoms with Crippen molar-refractivity contribution in [3.63, 3.8) is 0 Å². The maximum absolute atomic E-state index is 11.5. The van der Waals surface area contributed by atoms with Gasteiger partial charge in [0, 0.05) is 11.6 Å². The zero-order valence-electron chi connectivity index (χ0n) is 8.77. The van der Waals surface area contributed by atoms with E-state index in [1.807, 2.05) is 30.3 Å². The second-order valence-electron chi connectivity index (χ2n) is 3.48. The molecule has 0 spiro atoms. The molecule has 0 fully saturated rings. The molecule has 2 aromatic rings. The highest BCUT2D eigenvalue weighted by molar-refractivity contribution is 6.32. The van der Waals surface area contributed by atoms with E-state index in [2.05, 4.69) is 10.3 Å². The van der Waals surface area contributed by atoms with E-state index in [1.165, 1.54) is 0 Å². The van der Waals surface area contributed by atoms with Gasteiger partial charge in [-0.25, -0.2) is 0 Å². The number of hydrogen-bond donors (Lipinski definition) is 1. The van der Waals surface area contributed by atoms with E-state index >= 15 is 0 Å². The van der Waals surface area contributed by atoms with Crippen molar-refractivity contribution < 1.29 is 4.79 Å². The Balaban J connectivity index is 2.41. The minimum Gasteiger partial charge on any atom is -0.324 e. The van der Waals surface area contributed by atoms with Gasteiger partial charge in [-0.1, -0.05) is 6.07 Å². The molecule has 1 atom stereocenters. The highest BCUT2D eigenvalue weighted by Crippen LogP contribution is 2.21. The van der Waals surface area contributed by atoms with Gasteiger partial charge in [-0.3, -0.25) is 9.78 Å². The summed E-state index contributed by atoms with van der Waals surface area (Å²) in [4.78, 5) is 15.7. The fraction of sp³-hybridized carbons (Fsp3) is 0.167. The van der Waals surface area contributed by atoms with E-state index in [-0.39, 0.29) is 5.91 Å². The van der Waals surface area contributed by atoms with Crippen LogP contribution in [-0.2, 0) is 4.79 Å². The molecule has 0 saturated carbocycles. The SMILES string of the molecule is CC(Cl)C(=O)Nc1cccc2ncccc12. The first-order valence-corrected chi connectivity index (χ1v) is 5.41. The lowest BCUT2D eigenvalue weighted by molar-refractivity contribution is -0.115. The Morgan fingerprint density at radius 3 is 2.94 bits per heavy atom. The quantitative estimate of drug-likeness (QED) is 0.812. The van der Waals surface area contributed by atoms with Gasteiger partial charge in [0.05, 0.1) is 11.2 Å². The first kappa shape index (κ1) is 10.9. The number of nitrogens with one attached hydrogen (secondary N) is 1. The number of benzene rings is 1. The van der Waals surface area contributed by atoms with Gasteiger partial charge in [0.2, 0.25) is 5.91 Å². The molecule has 0 aliphatic carbocycles. The van der Waals surface area contributed by atoms with Gasteiger partial charge in [0.1, 0.15) is 5.38 Å². The van der Waals surface area contributed by atoms with Crippen LogP contribution in [0.15, 0.2) is 36.5 Å². The Morgan fingerprint density at radius 1 is 1.38 bits per heavy atom. The van der Waals surface area contributed by atoms with E-state index in [1.54, 1.807) is 13.1 Å². The van der Waals surface area contributed by atoms with Gasteiger partial charge in [-0.05, 0) is 31.2 Å². The number of nitrogens with zero attached hydrogens (tertiary/aromatic N) is 1. The van der Waals surface area contributed by atoms with Crippen molar-refractivity contribution in [2.75, 3.05) is 5.32 Å². The molecular weight excluding hydrogens is 224 g/mol. The van der Waals surface area contributed by atoms with Crippen LogP contribution in [0.1, 0.15) is 6.92 Å². The van der Waals surface area contributed by atoms with Gasteiger partial charge in [0.15, 0.2) is 0 Å². The van der Waals surface area contributed by atoms with Gasteiger partial charge in [0.25, 0.3) is 0 Å². The normalized spacial score (nSPS) is 12.4. The smallest absolute Gasteiger partial charge is 0.242 e. The fourth-order valence-corrected chi connectivity index (χ4v) is 1.50. The fourth-order valence-electron chi connectivity index (χ4n) is 1.44. The van der Waals surface area contributed by atoms with Crippen LogP contribution in [0, 0.1) is 0 Å². The van der Waals surface area contributed by atoms with Crippen molar-refractivity contribution in [3.05, 3.63) is 36.5 Å². The van der Waals surface area contributed by atoms with Crippen molar-refractivity contribution in [3.8, 4) is 0 Å². The molecule has 0 bridgehead atoms. The average Bonchev–Trinajstić information content (AvgIpc) is 2.29. The summed E-state index contributed by atoms with van der Waals surface area (Å²) in [7, 11) is 0. The summed E-state index contributed by atoms with van der Waals surface area (Å²) in [6.45, 7) is 1.64. The van der Waals surface area contributed by atoms with Crippen molar-refractivity contribution in [2.24, 2.45) is 0 Å². The van der Waals surface area contributed by atoms with Crippen LogP contribution in [0.3, 0.4) is 0 Å². The van der Waals surface area contributed by atoms with Crippen LogP contribution in [0.2, 0.25) is 0 Å². The molecule has 1 heterocycles. The Morgan fingerprint density at radius 2 is 2.19 bits per heavy atom. The van der Waals surface area contributed by atoms with Crippen LogP contribution >= 0.6 is 11.6 Å². The third-order valence-corrected chi connectivity index (χ3v) is 2.46. The van der Waals surface area contributed by atoms with Crippen LogP contribution in [0.25, 0.3) is 10.9 Å². The first-order chi connectivity index (χ1) is 7.68. The Kier molecular flexibility index (Phi) is 3.06. The number of rotatable bonds is 2. The summed E-state index contributed by atoms with van der Waals surface area (Å²) in [5.41, 5.74) is 1.59. The molecule has 1 N–H and O–H groups in total. The highest BCUT2D eigenvalue weighted by atomic mass is 35.5. The number of carbonyl (C=O) groups is 1. The molecule has 16 heavy (non-hydrogen) atoms. The lowest BCUT2D eigenvalue weighted by Gasteiger charge is -2.08. The number of halogens is 1. The number of hydrogen-bond acceptors (Lipinski definition) is 2. The lowest BCUT2D eigenvalue weighted by atomic mass is 10.2. The molecule has 1 aromatic heterocycles. The average molecular weight is 235 g/mol. The number of amides is 1. The van der Waals surface area contributed by atoms with E-state index < -0.39 is 5.38 Å².